The maximum absolute atomic E-state index is 8.65. The van der Waals surface area contributed by atoms with Crippen molar-refractivity contribution in [1.29, 1.82) is 0 Å². The topological polar surface area (TPSA) is 60.7 Å². The number of hydrogen-bond donors (Lipinski definition) is 3. The number of phenols is 1. The molecule has 0 heterocycles. The number of aliphatic hydroxyl groups excluding tert-OH is 2. The molecule has 0 aromatic heterocycles. The van der Waals surface area contributed by atoms with E-state index >= 15 is 0 Å². The lowest BCUT2D eigenvalue weighted by Crippen LogP contribution is -1.93. The summed E-state index contributed by atoms with van der Waals surface area (Å²) in [6, 6.07) is 16.7. The van der Waals surface area contributed by atoms with E-state index < -0.39 is 0 Å². The first-order valence-electron chi connectivity index (χ1n) is 6.30. The van der Waals surface area contributed by atoms with E-state index in [0.717, 1.165) is 11.1 Å². The van der Waals surface area contributed by atoms with Gasteiger partial charge >= 0.3 is 0 Å². The first-order chi connectivity index (χ1) is 9.26. The molecule has 3 nitrogen and oxygen atoms in total. The molecule has 0 aliphatic carbocycles. The minimum atomic E-state index is 0.194. The third kappa shape index (κ3) is 6.60. The van der Waals surface area contributed by atoms with Crippen molar-refractivity contribution >= 4 is 0 Å². The van der Waals surface area contributed by atoms with Gasteiger partial charge in [-0.25, -0.2) is 0 Å². The van der Waals surface area contributed by atoms with Crippen molar-refractivity contribution in [1.82, 2.24) is 0 Å². The zero-order valence-electron chi connectivity index (χ0n) is 10.9. The molecule has 0 atom stereocenters. The van der Waals surface area contributed by atoms with E-state index in [-0.39, 0.29) is 13.2 Å². The Bertz CT molecular complexity index is 412. The second kappa shape index (κ2) is 9.14. The lowest BCUT2D eigenvalue weighted by Gasteiger charge is -2.00. The van der Waals surface area contributed by atoms with Gasteiger partial charge in [0.2, 0.25) is 0 Å². The Morgan fingerprint density at radius 1 is 0.632 bits per heavy atom. The molecule has 3 heteroatoms. The SMILES string of the molecule is OCCc1ccc(CCO)cc1.Oc1ccccc1. The molecule has 0 aliphatic rings. The Labute approximate surface area is 113 Å². The molecule has 2 aromatic carbocycles. The van der Waals surface area contributed by atoms with Gasteiger partial charge in [0.1, 0.15) is 5.75 Å². The monoisotopic (exact) mass is 260 g/mol. The van der Waals surface area contributed by atoms with Crippen molar-refractivity contribution < 1.29 is 15.3 Å². The Morgan fingerprint density at radius 2 is 1.05 bits per heavy atom. The van der Waals surface area contributed by atoms with Crippen molar-refractivity contribution in [2.75, 3.05) is 13.2 Å². The highest BCUT2D eigenvalue weighted by molar-refractivity contribution is 5.22. The molecular formula is C16H20O3. The highest BCUT2D eigenvalue weighted by atomic mass is 16.3. The Kier molecular flexibility index (Phi) is 7.32. The maximum atomic E-state index is 8.65. The smallest absolute Gasteiger partial charge is 0.115 e. The molecule has 0 bridgehead atoms. The normalized spacial score (nSPS) is 9.58. The summed E-state index contributed by atoms with van der Waals surface area (Å²) in [5.74, 6) is 0.322. The highest BCUT2D eigenvalue weighted by Gasteiger charge is 1.93. The summed E-state index contributed by atoms with van der Waals surface area (Å²) in [6.07, 6.45) is 1.42. The second-order valence-corrected chi connectivity index (χ2v) is 4.10. The van der Waals surface area contributed by atoms with Crippen LogP contribution in [0.4, 0.5) is 0 Å². The van der Waals surface area contributed by atoms with Gasteiger partial charge in [-0.05, 0) is 36.1 Å². The molecule has 0 aliphatic heterocycles. The largest absolute Gasteiger partial charge is 0.508 e. The molecular weight excluding hydrogens is 240 g/mol. The molecule has 102 valence electrons. The van der Waals surface area contributed by atoms with Gasteiger partial charge in [-0.2, -0.15) is 0 Å². The summed E-state index contributed by atoms with van der Waals surface area (Å²) in [4.78, 5) is 0. The van der Waals surface area contributed by atoms with E-state index in [1.54, 1.807) is 24.3 Å². The van der Waals surface area contributed by atoms with E-state index in [9.17, 15) is 0 Å². The summed E-state index contributed by atoms with van der Waals surface area (Å²) >= 11 is 0. The van der Waals surface area contributed by atoms with Crippen LogP contribution in [0.2, 0.25) is 0 Å². The maximum Gasteiger partial charge on any atom is 0.115 e. The van der Waals surface area contributed by atoms with Gasteiger partial charge < -0.3 is 15.3 Å². The fourth-order valence-electron chi connectivity index (χ4n) is 1.56. The summed E-state index contributed by atoms with van der Waals surface area (Å²) in [5.41, 5.74) is 2.28. The molecule has 0 saturated carbocycles. The van der Waals surface area contributed by atoms with Gasteiger partial charge in [-0.3, -0.25) is 0 Å². The van der Waals surface area contributed by atoms with Crippen LogP contribution in [0.25, 0.3) is 0 Å². The lowest BCUT2D eigenvalue weighted by atomic mass is 10.1. The standard InChI is InChI=1S/C10H14O2.C6H6O/c11-7-5-9-1-2-10(4-3-9)6-8-12;7-6-4-2-1-3-5-6/h1-4,11-12H,5-8H2;1-5,7H. The molecule has 0 radical (unpaired) electrons. The lowest BCUT2D eigenvalue weighted by molar-refractivity contribution is 0.298. The van der Waals surface area contributed by atoms with Gasteiger partial charge in [0.05, 0.1) is 0 Å². The van der Waals surface area contributed by atoms with Crippen molar-refractivity contribution in [2.45, 2.75) is 12.8 Å². The zero-order valence-corrected chi connectivity index (χ0v) is 10.9. The number of aromatic hydroxyl groups is 1. The van der Waals surface area contributed by atoms with E-state index in [1.165, 1.54) is 0 Å². The number of para-hydroxylation sites is 1. The third-order valence-corrected chi connectivity index (χ3v) is 2.58. The van der Waals surface area contributed by atoms with Gasteiger partial charge in [-0.15, -0.1) is 0 Å². The predicted octanol–water partition coefficient (Wildman–Crippen LogP) is 2.15. The zero-order chi connectivity index (χ0) is 13.9. The fourth-order valence-corrected chi connectivity index (χ4v) is 1.56. The number of hydrogen-bond acceptors (Lipinski definition) is 3. The Balaban J connectivity index is 0.000000218. The minimum Gasteiger partial charge on any atom is -0.508 e. The van der Waals surface area contributed by atoms with Crippen LogP contribution in [0, 0.1) is 0 Å². The van der Waals surface area contributed by atoms with Crippen LogP contribution in [0.1, 0.15) is 11.1 Å². The van der Waals surface area contributed by atoms with Crippen LogP contribution in [0.3, 0.4) is 0 Å². The number of phenolic OH excluding ortho intramolecular Hbond substituents is 1. The first kappa shape index (κ1) is 15.2. The summed E-state index contributed by atoms with van der Waals surface area (Å²) in [5, 5.41) is 25.9. The predicted molar refractivity (Wildman–Crippen MR) is 76.1 cm³/mol. The highest BCUT2D eigenvalue weighted by Crippen LogP contribution is 2.05. The number of benzene rings is 2. The van der Waals surface area contributed by atoms with Crippen LogP contribution in [-0.4, -0.2) is 28.5 Å². The fraction of sp³-hybridized carbons (Fsp3) is 0.250. The van der Waals surface area contributed by atoms with E-state index in [4.69, 9.17) is 15.3 Å². The van der Waals surface area contributed by atoms with Crippen molar-refractivity contribution in [3.05, 3.63) is 65.7 Å². The average Bonchev–Trinajstić information content (AvgIpc) is 2.43. The summed E-state index contributed by atoms with van der Waals surface area (Å²) < 4.78 is 0. The van der Waals surface area contributed by atoms with Crippen LogP contribution >= 0.6 is 0 Å². The summed E-state index contributed by atoms with van der Waals surface area (Å²) in [6.45, 7) is 0.388. The van der Waals surface area contributed by atoms with E-state index in [2.05, 4.69) is 0 Å². The molecule has 2 rings (SSSR count). The Hall–Kier alpha value is -1.84. The van der Waals surface area contributed by atoms with Crippen molar-refractivity contribution in [3.8, 4) is 5.75 Å². The second-order valence-electron chi connectivity index (χ2n) is 4.10. The molecule has 0 amide bonds. The Morgan fingerprint density at radius 3 is 1.32 bits per heavy atom. The molecule has 3 N–H and O–H groups in total. The molecule has 0 spiro atoms. The third-order valence-electron chi connectivity index (χ3n) is 2.58. The van der Waals surface area contributed by atoms with Crippen LogP contribution in [0.15, 0.2) is 54.6 Å². The number of rotatable bonds is 4. The van der Waals surface area contributed by atoms with Gasteiger partial charge in [0, 0.05) is 13.2 Å². The first-order valence-corrected chi connectivity index (χ1v) is 6.30. The average molecular weight is 260 g/mol. The molecule has 0 fully saturated rings. The summed E-state index contributed by atoms with van der Waals surface area (Å²) in [7, 11) is 0. The molecule has 2 aromatic rings. The van der Waals surface area contributed by atoms with Crippen LogP contribution in [-0.2, 0) is 12.8 Å². The van der Waals surface area contributed by atoms with Crippen molar-refractivity contribution in [3.63, 3.8) is 0 Å². The molecule has 0 unspecified atom stereocenters. The van der Waals surface area contributed by atoms with Crippen LogP contribution in [0.5, 0.6) is 5.75 Å². The van der Waals surface area contributed by atoms with Crippen LogP contribution < -0.4 is 0 Å². The van der Waals surface area contributed by atoms with E-state index in [0.29, 0.717) is 18.6 Å². The van der Waals surface area contributed by atoms with E-state index in [1.807, 2.05) is 30.3 Å². The quantitative estimate of drug-likeness (QED) is 0.789. The van der Waals surface area contributed by atoms with Gasteiger partial charge in [0.25, 0.3) is 0 Å². The molecule has 0 saturated heterocycles. The minimum absolute atomic E-state index is 0.194. The number of aliphatic hydroxyl groups is 2. The van der Waals surface area contributed by atoms with Gasteiger partial charge in [-0.1, -0.05) is 42.5 Å². The van der Waals surface area contributed by atoms with Gasteiger partial charge in [0.15, 0.2) is 0 Å². The molecule has 19 heavy (non-hydrogen) atoms. The van der Waals surface area contributed by atoms with Crippen molar-refractivity contribution in [2.24, 2.45) is 0 Å².